The summed E-state index contributed by atoms with van der Waals surface area (Å²) in [6.45, 7) is 0.197. The fourth-order valence-electron chi connectivity index (χ4n) is 3.09. The molecule has 1 heterocycles. The third-order valence-electron chi connectivity index (χ3n) is 4.43. The van der Waals surface area contributed by atoms with Crippen molar-refractivity contribution in [2.45, 2.75) is 25.4 Å². The van der Waals surface area contributed by atoms with Crippen LogP contribution in [0.1, 0.15) is 17.5 Å². The van der Waals surface area contributed by atoms with Crippen LogP contribution in [-0.4, -0.2) is 39.8 Å². The second kappa shape index (κ2) is 7.35. The summed E-state index contributed by atoms with van der Waals surface area (Å²) in [6, 6.07) is 15.3. The van der Waals surface area contributed by atoms with Gasteiger partial charge in [0.05, 0.1) is 11.0 Å². The number of nitrogens with zero attached hydrogens (tertiary/aromatic N) is 3. The maximum atomic E-state index is 12.7. The number of nitro benzene ring substituents is 1. The first kappa shape index (κ1) is 17.6. The lowest BCUT2D eigenvalue weighted by Gasteiger charge is -2.40. The number of non-ortho nitro benzene ring substituents is 1. The van der Waals surface area contributed by atoms with Crippen molar-refractivity contribution in [2.24, 2.45) is 0 Å². The molecule has 26 heavy (non-hydrogen) atoms. The van der Waals surface area contributed by atoms with Crippen LogP contribution in [0.25, 0.3) is 0 Å². The van der Waals surface area contributed by atoms with Gasteiger partial charge in [-0.25, -0.2) is 4.79 Å². The van der Waals surface area contributed by atoms with E-state index in [1.54, 1.807) is 19.2 Å². The zero-order valence-corrected chi connectivity index (χ0v) is 14.4. The molecule has 0 aliphatic carbocycles. The van der Waals surface area contributed by atoms with E-state index >= 15 is 0 Å². The average Bonchev–Trinajstić information content (AvgIpc) is 2.62. The van der Waals surface area contributed by atoms with Gasteiger partial charge >= 0.3 is 6.03 Å². The van der Waals surface area contributed by atoms with Crippen LogP contribution < -0.4 is 0 Å². The van der Waals surface area contributed by atoms with E-state index in [1.807, 2.05) is 30.3 Å². The minimum absolute atomic E-state index is 0.0228. The van der Waals surface area contributed by atoms with Crippen LogP contribution in [0.5, 0.6) is 0 Å². The number of β-lactam (4-membered cyclic amide) rings is 1. The molecule has 0 unspecified atom stereocenters. The van der Waals surface area contributed by atoms with Crippen molar-refractivity contribution in [1.82, 2.24) is 9.80 Å². The lowest BCUT2D eigenvalue weighted by atomic mass is 9.95. The van der Waals surface area contributed by atoms with Crippen molar-refractivity contribution < 1.29 is 14.5 Å². The summed E-state index contributed by atoms with van der Waals surface area (Å²) in [6.07, 6.45) is 0.980. The zero-order valence-electron chi connectivity index (χ0n) is 14.4. The van der Waals surface area contributed by atoms with Crippen LogP contribution in [-0.2, 0) is 17.8 Å². The number of imide groups is 1. The second-order valence-electron chi connectivity index (χ2n) is 6.38. The van der Waals surface area contributed by atoms with Gasteiger partial charge in [0, 0.05) is 32.1 Å². The largest absolute Gasteiger partial charge is 0.327 e. The lowest BCUT2D eigenvalue weighted by molar-refractivity contribution is -0.384. The third kappa shape index (κ3) is 3.72. The summed E-state index contributed by atoms with van der Waals surface area (Å²) in [7, 11) is 1.59. The summed E-state index contributed by atoms with van der Waals surface area (Å²) < 4.78 is 0. The number of rotatable bonds is 5. The normalized spacial score (nSPS) is 16.1. The molecule has 2 aromatic carbocycles. The van der Waals surface area contributed by atoms with E-state index in [1.165, 1.54) is 21.9 Å². The molecule has 0 N–H and O–H groups in total. The van der Waals surface area contributed by atoms with Crippen LogP contribution >= 0.6 is 0 Å². The Bertz CT molecular complexity index is 838. The van der Waals surface area contributed by atoms with Crippen LogP contribution in [0.15, 0.2) is 54.6 Å². The molecule has 3 amide bonds. The highest BCUT2D eigenvalue weighted by atomic mass is 16.6. The monoisotopic (exact) mass is 353 g/mol. The van der Waals surface area contributed by atoms with Gasteiger partial charge in [0.1, 0.15) is 0 Å². The highest BCUT2D eigenvalue weighted by Gasteiger charge is 2.41. The smallest absolute Gasteiger partial charge is 0.323 e. The molecule has 1 saturated heterocycles. The van der Waals surface area contributed by atoms with Gasteiger partial charge in [-0.15, -0.1) is 0 Å². The number of hydrogen-bond donors (Lipinski definition) is 0. The maximum Gasteiger partial charge on any atom is 0.327 e. The van der Waals surface area contributed by atoms with Gasteiger partial charge in [-0.3, -0.25) is 19.8 Å². The number of carbonyl (C=O) groups excluding carboxylic acids is 2. The van der Waals surface area contributed by atoms with Gasteiger partial charge in [-0.05, 0) is 17.5 Å². The third-order valence-corrected chi connectivity index (χ3v) is 4.43. The van der Waals surface area contributed by atoms with Crippen molar-refractivity contribution in [3.8, 4) is 0 Å². The minimum atomic E-state index is -0.472. The summed E-state index contributed by atoms with van der Waals surface area (Å²) in [4.78, 5) is 37.7. The molecule has 134 valence electrons. The summed E-state index contributed by atoms with van der Waals surface area (Å²) in [5, 5.41) is 10.9. The van der Waals surface area contributed by atoms with Gasteiger partial charge < -0.3 is 4.90 Å². The highest BCUT2D eigenvalue weighted by Crippen LogP contribution is 2.25. The topological polar surface area (TPSA) is 83.8 Å². The molecule has 7 nitrogen and oxygen atoms in total. The number of likely N-dealkylation sites (tertiary alicyclic amines) is 1. The van der Waals surface area contributed by atoms with Gasteiger partial charge in [-0.1, -0.05) is 42.5 Å². The molecular formula is C19H19N3O4. The molecule has 0 aromatic heterocycles. The number of urea groups is 1. The van der Waals surface area contributed by atoms with E-state index < -0.39 is 4.92 Å². The minimum Gasteiger partial charge on any atom is -0.323 e. The van der Waals surface area contributed by atoms with Crippen molar-refractivity contribution >= 4 is 17.6 Å². The standard InChI is InChI=1S/C19H19N3O4/c1-20(13-15-8-5-9-16(11-15)22(25)26)19(24)21-17(12-18(21)23)10-14-6-3-2-4-7-14/h2-9,11,17H,10,12-13H2,1H3/t17-/m1/s1. The molecule has 1 atom stereocenters. The van der Waals surface area contributed by atoms with Crippen LogP contribution in [0.2, 0.25) is 0 Å². The summed E-state index contributed by atoms with van der Waals surface area (Å²) in [5.74, 6) is -0.193. The summed E-state index contributed by atoms with van der Waals surface area (Å²) >= 11 is 0. The van der Waals surface area contributed by atoms with Gasteiger partial charge in [-0.2, -0.15) is 0 Å². The molecule has 1 aliphatic heterocycles. The Morgan fingerprint density at radius 3 is 2.54 bits per heavy atom. The molecule has 1 fully saturated rings. The first-order valence-electron chi connectivity index (χ1n) is 8.30. The Morgan fingerprint density at radius 2 is 1.88 bits per heavy atom. The maximum absolute atomic E-state index is 12.7. The Hall–Kier alpha value is -3.22. The molecule has 0 spiro atoms. The molecule has 1 aliphatic rings. The predicted molar refractivity (Wildman–Crippen MR) is 95.4 cm³/mol. The van der Waals surface area contributed by atoms with E-state index in [0.717, 1.165) is 5.56 Å². The lowest BCUT2D eigenvalue weighted by Crippen LogP contribution is -2.59. The highest BCUT2D eigenvalue weighted by molar-refractivity contribution is 5.99. The molecule has 2 aromatic rings. The van der Waals surface area contributed by atoms with Crippen molar-refractivity contribution in [3.05, 3.63) is 75.8 Å². The van der Waals surface area contributed by atoms with Crippen LogP contribution in [0, 0.1) is 10.1 Å². The fraction of sp³-hybridized carbons (Fsp3) is 0.263. The van der Waals surface area contributed by atoms with E-state index in [2.05, 4.69) is 0 Å². The average molecular weight is 353 g/mol. The first-order chi connectivity index (χ1) is 12.5. The Kier molecular flexibility index (Phi) is 4.97. The number of nitro groups is 1. The summed E-state index contributed by atoms with van der Waals surface area (Å²) in [5.41, 5.74) is 1.69. The zero-order chi connectivity index (χ0) is 18.7. The number of carbonyl (C=O) groups is 2. The van der Waals surface area contributed by atoms with Crippen LogP contribution in [0.4, 0.5) is 10.5 Å². The number of benzene rings is 2. The number of amides is 3. The van der Waals surface area contributed by atoms with Gasteiger partial charge in [0.15, 0.2) is 0 Å². The molecular weight excluding hydrogens is 334 g/mol. The van der Waals surface area contributed by atoms with Crippen molar-refractivity contribution in [2.75, 3.05) is 7.05 Å². The van der Waals surface area contributed by atoms with E-state index in [-0.39, 0.29) is 30.2 Å². The van der Waals surface area contributed by atoms with Crippen molar-refractivity contribution in [3.63, 3.8) is 0 Å². The van der Waals surface area contributed by atoms with Crippen LogP contribution in [0.3, 0.4) is 0 Å². The SMILES string of the molecule is CN(Cc1cccc([N+](=O)[O-])c1)C(=O)N1C(=O)C[C@H]1Cc1ccccc1. The Balaban J connectivity index is 1.66. The quantitative estimate of drug-likeness (QED) is 0.470. The Labute approximate surface area is 151 Å². The van der Waals surface area contributed by atoms with Gasteiger partial charge in [0.2, 0.25) is 5.91 Å². The van der Waals surface area contributed by atoms with E-state index in [0.29, 0.717) is 18.4 Å². The molecule has 0 radical (unpaired) electrons. The predicted octanol–water partition coefficient (Wildman–Crippen LogP) is 2.99. The molecule has 0 saturated carbocycles. The second-order valence-corrected chi connectivity index (χ2v) is 6.38. The fourth-order valence-corrected chi connectivity index (χ4v) is 3.09. The van der Waals surface area contributed by atoms with Crippen molar-refractivity contribution in [1.29, 1.82) is 0 Å². The first-order valence-corrected chi connectivity index (χ1v) is 8.30. The molecule has 3 rings (SSSR count). The number of hydrogen-bond acceptors (Lipinski definition) is 4. The van der Waals surface area contributed by atoms with E-state index in [4.69, 9.17) is 0 Å². The Morgan fingerprint density at radius 1 is 1.19 bits per heavy atom. The molecule has 7 heteroatoms. The van der Waals surface area contributed by atoms with Gasteiger partial charge in [0.25, 0.3) is 5.69 Å². The van der Waals surface area contributed by atoms with E-state index in [9.17, 15) is 19.7 Å². The molecule has 0 bridgehead atoms.